The maximum atomic E-state index is 10.4. The van der Waals surface area contributed by atoms with Gasteiger partial charge in [0.2, 0.25) is 0 Å². The highest BCUT2D eigenvalue weighted by Crippen LogP contribution is 2.11. The molecule has 0 rings (SSSR count). The number of oxime groups is 3. The van der Waals surface area contributed by atoms with Gasteiger partial charge < -0.3 is 62.4 Å². The number of aliphatic hydroxyl groups excluding tert-OH is 3. The molecule has 0 amide bonds. The molecule has 12 N–H and O–H groups in total. The first kappa shape index (κ1) is 27.6. The summed E-state index contributed by atoms with van der Waals surface area (Å²) in [7, 11) is 0. The molecule has 0 aromatic heterocycles. The van der Waals surface area contributed by atoms with Gasteiger partial charge in [-0.05, 0) is 0 Å². The van der Waals surface area contributed by atoms with Crippen LogP contribution < -0.4 is 17.2 Å². The van der Waals surface area contributed by atoms with Gasteiger partial charge in [0, 0.05) is 19.3 Å². The van der Waals surface area contributed by atoms with Gasteiger partial charge in [-0.2, -0.15) is 0 Å². The van der Waals surface area contributed by atoms with Crippen LogP contribution in [0.3, 0.4) is 0 Å². The SMILES string of the molecule is NC(CCOCC(O)C(O)C(O)C(COCCC(N)=NO)OCCC(N)=NO)=NO. The zero-order valence-electron chi connectivity index (χ0n) is 16.4. The summed E-state index contributed by atoms with van der Waals surface area (Å²) in [4.78, 5) is 0. The molecule has 15 nitrogen and oxygen atoms in total. The summed E-state index contributed by atoms with van der Waals surface area (Å²) in [5, 5.41) is 64.4. The van der Waals surface area contributed by atoms with Crippen molar-refractivity contribution in [3.05, 3.63) is 0 Å². The van der Waals surface area contributed by atoms with Crippen LogP contribution in [0, 0.1) is 0 Å². The molecule has 0 aromatic carbocycles. The summed E-state index contributed by atoms with van der Waals surface area (Å²) in [5.41, 5.74) is 16.0. The van der Waals surface area contributed by atoms with Crippen LogP contribution in [0.2, 0.25) is 0 Å². The van der Waals surface area contributed by atoms with Crippen LogP contribution in [-0.2, 0) is 14.2 Å². The Labute approximate surface area is 173 Å². The Kier molecular flexibility index (Phi) is 15.0. The van der Waals surface area contributed by atoms with Gasteiger partial charge in [-0.25, -0.2) is 0 Å². The molecule has 15 heteroatoms. The molecular formula is C15H32N6O9. The fraction of sp³-hybridized carbons (Fsp3) is 0.800. The highest BCUT2D eigenvalue weighted by molar-refractivity contribution is 5.80. The molecule has 0 aliphatic heterocycles. The smallest absolute Gasteiger partial charge is 0.141 e. The molecule has 0 heterocycles. The largest absolute Gasteiger partial charge is 0.409 e. The average Bonchev–Trinajstić information content (AvgIpc) is 2.76. The lowest BCUT2D eigenvalue weighted by atomic mass is 10.0. The van der Waals surface area contributed by atoms with E-state index in [9.17, 15) is 15.3 Å². The fourth-order valence-corrected chi connectivity index (χ4v) is 2.01. The van der Waals surface area contributed by atoms with Crippen molar-refractivity contribution in [2.24, 2.45) is 32.7 Å². The molecular weight excluding hydrogens is 408 g/mol. The highest BCUT2D eigenvalue weighted by atomic mass is 16.5. The Balaban J connectivity index is 4.68. The second kappa shape index (κ2) is 16.4. The molecule has 0 bridgehead atoms. The van der Waals surface area contributed by atoms with E-state index in [0.717, 1.165) is 0 Å². The molecule has 4 unspecified atom stereocenters. The quantitative estimate of drug-likeness (QED) is 0.0358. The number of rotatable bonds is 17. The van der Waals surface area contributed by atoms with Gasteiger partial charge in [0.15, 0.2) is 0 Å². The second-order valence-corrected chi connectivity index (χ2v) is 6.13. The Morgan fingerprint density at radius 3 is 1.57 bits per heavy atom. The normalized spacial score (nSPS) is 17.5. The second-order valence-electron chi connectivity index (χ2n) is 6.13. The molecule has 0 aliphatic rings. The minimum Gasteiger partial charge on any atom is -0.409 e. The number of ether oxygens (including phenoxy) is 3. The van der Waals surface area contributed by atoms with E-state index < -0.39 is 24.4 Å². The molecule has 0 saturated carbocycles. The van der Waals surface area contributed by atoms with Crippen LogP contribution in [-0.4, -0.2) is 106 Å². The molecule has 176 valence electrons. The van der Waals surface area contributed by atoms with Crippen molar-refractivity contribution in [3.63, 3.8) is 0 Å². The van der Waals surface area contributed by atoms with Crippen molar-refractivity contribution in [3.8, 4) is 0 Å². The monoisotopic (exact) mass is 440 g/mol. The van der Waals surface area contributed by atoms with Gasteiger partial charge >= 0.3 is 0 Å². The minimum atomic E-state index is -1.66. The van der Waals surface area contributed by atoms with Gasteiger partial charge in [0.05, 0.1) is 33.0 Å². The van der Waals surface area contributed by atoms with Crippen molar-refractivity contribution in [2.45, 2.75) is 43.7 Å². The molecule has 0 aromatic rings. The Hall–Kier alpha value is -2.43. The van der Waals surface area contributed by atoms with E-state index in [1.807, 2.05) is 0 Å². The molecule has 0 spiro atoms. The van der Waals surface area contributed by atoms with Crippen molar-refractivity contribution in [2.75, 3.05) is 33.0 Å². The van der Waals surface area contributed by atoms with Gasteiger partial charge in [-0.1, -0.05) is 15.5 Å². The van der Waals surface area contributed by atoms with E-state index in [0.29, 0.717) is 0 Å². The molecule has 30 heavy (non-hydrogen) atoms. The maximum Gasteiger partial charge on any atom is 0.141 e. The van der Waals surface area contributed by atoms with Crippen molar-refractivity contribution in [1.82, 2.24) is 0 Å². The number of amidine groups is 3. The lowest BCUT2D eigenvalue weighted by Crippen LogP contribution is -2.49. The molecule has 4 atom stereocenters. The van der Waals surface area contributed by atoms with Crippen molar-refractivity contribution < 1.29 is 45.2 Å². The lowest BCUT2D eigenvalue weighted by Gasteiger charge is -2.29. The highest BCUT2D eigenvalue weighted by Gasteiger charge is 2.32. The number of nitrogens with zero attached hydrogens (tertiary/aromatic N) is 3. The molecule has 0 saturated heterocycles. The molecule has 0 aliphatic carbocycles. The van der Waals surface area contributed by atoms with E-state index in [2.05, 4.69) is 15.5 Å². The average molecular weight is 440 g/mol. The molecule has 0 radical (unpaired) electrons. The standard InChI is InChI=1S/C15H32N6O9/c16-11(19-25)1-4-28-7-9(22)14(23)15(24)10(30-6-3-13(18)21-27)8-29-5-2-12(17)20-26/h9-10,14-15,22-27H,1-8H2,(H2,16,19)(H2,17,20)(H2,18,21). The van der Waals surface area contributed by atoms with E-state index >= 15 is 0 Å². The van der Waals surface area contributed by atoms with Gasteiger partial charge in [-0.15, -0.1) is 0 Å². The van der Waals surface area contributed by atoms with E-state index in [4.69, 9.17) is 47.0 Å². The predicted octanol–water partition coefficient (Wildman–Crippen LogP) is -3.10. The first-order valence-electron chi connectivity index (χ1n) is 8.97. The third-order valence-electron chi connectivity index (χ3n) is 3.78. The number of hydrogen-bond donors (Lipinski definition) is 9. The van der Waals surface area contributed by atoms with Crippen LogP contribution in [0.4, 0.5) is 0 Å². The number of nitrogens with two attached hydrogens (primary N) is 3. The fourth-order valence-electron chi connectivity index (χ4n) is 2.01. The number of aliphatic hydroxyl groups is 3. The Morgan fingerprint density at radius 2 is 1.10 bits per heavy atom. The summed E-state index contributed by atoms with van der Waals surface area (Å²) in [5.74, 6) is -0.219. The third kappa shape index (κ3) is 12.2. The summed E-state index contributed by atoms with van der Waals surface area (Å²) in [6.07, 6.45) is -5.54. The van der Waals surface area contributed by atoms with E-state index in [1.54, 1.807) is 0 Å². The maximum absolute atomic E-state index is 10.4. The van der Waals surface area contributed by atoms with E-state index in [-0.39, 0.29) is 69.8 Å². The van der Waals surface area contributed by atoms with Crippen molar-refractivity contribution in [1.29, 1.82) is 0 Å². The van der Waals surface area contributed by atoms with Crippen LogP contribution in [0.15, 0.2) is 15.5 Å². The van der Waals surface area contributed by atoms with Crippen LogP contribution in [0.25, 0.3) is 0 Å². The van der Waals surface area contributed by atoms with Gasteiger partial charge in [0.1, 0.15) is 41.9 Å². The third-order valence-corrected chi connectivity index (χ3v) is 3.78. The lowest BCUT2D eigenvalue weighted by molar-refractivity contribution is -0.149. The number of hydrogen-bond acceptors (Lipinski definition) is 12. The zero-order valence-corrected chi connectivity index (χ0v) is 16.4. The van der Waals surface area contributed by atoms with Crippen LogP contribution in [0.5, 0.6) is 0 Å². The summed E-state index contributed by atoms with van der Waals surface area (Å²) in [6.45, 7) is -0.548. The summed E-state index contributed by atoms with van der Waals surface area (Å²) < 4.78 is 15.8. The minimum absolute atomic E-state index is 0.0203. The first-order valence-corrected chi connectivity index (χ1v) is 8.97. The predicted molar refractivity (Wildman–Crippen MR) is 103 cm³/mol. The Morgan fingerprint density at radius 1 is 0.667 bits per heavy atom. The zero-order chi connectivity index (χ0) is 22.9. The van der Waals surface area contributed by atoms with E-state index in [1.165, 1.54) is 0 Å². The van der Waals surface area contributed by atoms with Crippen molar-refractivity contribution >= 4 is 17.5 Å². The Bertz CT molecular complexity index is 549. The summed E-state index contributed by atoms with van der Waals surface area (Å²) in [6, 6.07) is 0. The van der Waals surface area contributed by atoms with Gasteiger partial charge in [-0.3, -0.25) is 0 Å². The first-order chi connectivity index (χ1) is 14.3. The van der Waals surface area contributed by atoms with Gasteiger partial charge in [0.25, 0.3) is 0 Å². The van der Waals surface area contributed by atoms with Crippen LogP contribution >= 0.6 is 0 Å². The summed E-state index contributed by atoms with van der Waals surface area (Å²) >= 11 is 0. The molecule has 0 fully saturated rings. The van der Waals surface area contributed by atoms with Crippen LogP contribution in [0.1, 0.15) is 19.3 Å². The topological polar surface area (TPSA) is 264 Å².